The quantitative estimate of drug-likeness (QED) is 0.433. The number of benzene rings is 3. The van der Waals surface area contributed by atoms with E-state index in [1.807, 2.05) is 30.3 Å². The second-order valence-corrected chi connectivity index (χ2v) is 8.20. The molecule has 3 aromatic rings. The number of carbonyl (C=O) groups is 1. The van der Waals surface area contributed by atoms with Gasteiger partial charge in [0.25, 0.3) is 0 Å². The van der Waals surface area contributed by atoms with Crippen molar-refractivity contribution in [3.05, 3.63) is 105 Å². The summed E-state index contributed by atoms with van der Waals surface area (Å²) >= 11 is 5.80. The van der Waals surface area contributed by atoms with Crippen molar-refractivity contribution in [2.45, 2.75) is 6.42 Å². The van der Waals surface area contributed by atoms with Gasteiger partial charge >= 0.3 is 0 Å². The number of hydrogen-bond donors (Lipinski definition) is 1. The summed E-state index contributed by atoms with van der Waals surface area (Å²) in [6.45, 7) is 0. The Morgan fingerprint density at radius 3 is 2.63 bits per heavy atom. The van der Waals surface area contributed by atoms with Crippen LogP contribution in [0.15, 0.2) is 71.6 Å². The van der Waals surface area contributed by atoms with Crippen LogP contribution in [0.5, 0.6) is 0 Å². The molecule has 6 heteroatoms. The molecule has 1 heterocycles. The molecule has 1 unspecified atom stereocenters. The predicted octanol–water partition coefficient (Wildman–Crippen LogP) is 5.39. The van der Waals surface area contributed by atoms with E-state index in [4.69, 9.17) is 11.6 Å². The van der Waals surface area contributed by atoms with E-state index in [9.17, 15) is 13.4 Å². The lowest BCUT2D eigenvalue weighted by atomic mass is 10.0. The van der Waals surface area contributed by atoms with E-state index in [0.29, 0.717) is 28.8 Å². The van der Waals surface area contributed by atoms with Gasteiger partial charge in [0, 0.05) is 17.5 Å². The van der Waals surface area contributed by atoms with Crippen molar-refractivity contribution in [2.75, 3.05) is 4.72 Å². The summed E-state index contributed by atoms with van der Waals surface area (Å²) < 4.78 is 28.7. The molecule has 0 aromatic heterocycles. The van der Waals surface area contributed by atoms with Gasteiger partial charge in [0.1, 0.15) is 10.7 Å². The Morgan fingerprint density at radius 2 is 1.87 bits per heavy atom. The van der Waals surface area contributed by atoms with Gasteiger partial charge in [-0.25, -0.2) is 8.60 Å². The summed E-state index contributed by atoms with van der Waals surface area (Å²) in [7, 11) is -1.73. The lowest BCUT2D eigenvalue weighted by molar-refractivity contribution is 0.104. The fraction of sp³-hybridized carbons (Fsp3) is 0.0417. The first-order chi connectivity index (χ1) is 14.5. The van der Waals surface area contributed by atoms with E-state index >= 15 is 0 Å². The van der Waals surface area contributed by atoms with Crippen molar-refractivity contribution in [3.63, 3.8) is 0 Å². The number of allylic oxidation sites excluding steroid dienone is 1. The van der Waals surface area contributed by atoms with Gasteiger partial charge in [-0.3, -0.25) is 4.79 Å². The fourth-order valence-corrected chi connectivity index (χ4v) is 4.19. The molecule has 0 radical (unpaired) electrons. The number of rotatable bonds is 2. The third-order valence-corrected chi connectivity index (χ3v) is 5.90. The highest BCUT2D eigenvalue weighted by atomic mass is 35.5. The summed E-state index contributed by atoms with van der Waals surface area (Å²) in [5, 5.41) is -0.0669. The molecule has 1 aliphatic rings. The molecule has 4 rings (SSSR count). The summed E-state index contributed by atoms with van der Waals surface area (Å²) in [5.41, 5.74) is 3.17. The number of Topliss-reactive ketones (excluding diaryl/α,β-unsaturated/α-hetero) is 1. The molecule has 3 aromatic carbocycles. The molecular formula is C24H15ClFNO2S. The van der Waals surface area contributed by atoms with Crippen molar-refractivity contribution in [1.82, 2.24) is 0 Å². The normalized spacial score (nSPS) is 16.4. The van der Waals surface area contributed by atoms with Crippen LogP contribution < -0.4 is 4.72 Å². The summed E-state index contributed by atoms with van der Waals surface area (Å²) in [6.07, 6.45) is 2.05. The SMILES string of the molecule is O=C1/C(=C\c2ccc(F)c(Cl)c2)S(=O)Nc2ccc(C#CCc3ccccc3)cc21. The number of hydrogen-bond acceptors (Lipinski definition) is 2. The van der Waals surface area contributed by atoms with Gasteiger partial charge in [-0.15, -0.1) is 0 Å². The molecule has 0 amide bonds. The Balaban J connectivity index is 1.62. The molecule has 0 saturated heterocycles. The van der Waals surface area contributed by atoms with Crippen molar-refractivity contribution < 1.29 is 13.4 Å². The van der Waals surface area contributed by atoms with E-state index in [-0.39, 0.29) is 15.7 Å². The first-order valence-electron chi connectivity index (χ1n) is 9.08. The first-order valence-corrected chi connectivity index (χ1v) is 10.6. The Morgan fingerprint density at radius 1 is 1.07 bits per heavy atom. The lowest BCUT2D eigenvalue weighted by Gasteiger charge is -2.19. The minimum Gasteiger partial charge on any atom is -0.300 e. The Hall–Kier alpha value is -3.20. The molecule has 0 saturated carbocycles. The molecule has 1 aliphatic heterocycles. The molecule has 148 valence electrons. The molecule has 30 heavy (non-hydrogen) atoms. The van der Waals surface area contributed by atoms with Crippen LogP contribution >= 0.6 is 11.6 Å². The Kier molecular flexibility index (Phi) is 5.80. The maximum absolute atomic E-state index is 13.4. The van der Waals surface area contributed by atoms with Crippen LogP contribution in [0.3, 0.4) is 0 Å². The molecule has 0 bridgehead atoms. The van der Waals surface area contributed by atoms with E-state index in [2.05, 4.69) is 16.6 Å². The van der Waals surface area contributed by atoms with Crippen LogP contribution in [0.1, 0.15) is 27.0 Å². The van der Waals surface area contributed by atoms with Crippen molar-refractivity contribution in [1.29, 1.82) is 0 Å². The number of fused-ring (bicyclic) bond motifs is 1. The van der Waals surface area contributed by atoms with Crippen LogP contribution in [0, 0.1) is 17.7 Å². The van der Waals surface area contributed by atoms with Gasteiger partial charge in [0.05, 0.1) is 10.7 Å². The highest BCUT2D eigenvalue weighted by Crippen LogP contribution is 2.30. The van der Waals surface area contributed by atoms with E-state index in [0.717, 1.165) is 5.56 Å². The van der Waals surface area contributed by atoms with Gasteiger partial charge in [0.2, 0.25) is 5.78 Å². The maximum atomic E-state index is 13.4. The number of halogens is 2. The van der Waals surface area contributed by atoms with Gasteiger partial charge in [-0.1, -0.05) is 59.8 Å². The third kappa shape index (κ3) is 4.35. The maximum Gasteiger partial charge on any atom is 0.205 e. The smallest absolute Gasteiger partial charge is 0.205 e. The van der Waals surface area contributed by atoms with Gasteiger partial charge < -0.3 is 4.72 Å². The first kappa shape index (κ1) is 20.1. The molecule has 0 fully saturated rings. The third-order valence-electron chi connectivity index (χ3n) is 4.50. The van der Waals surface area contributed by atoms with Crippen LogP contribution in [-0.4, -0.2) is 9.99 Å². The topological polar surface area (TPSA) is 46.2 Å². The standard InChI is InChI=1S/C24H15ClFNO2S/c25-20-14-18(9-11-21(20)26)15-23-24(28)19-13-17(10-12-22(19)27-30(23)29)8-4-7-16-5-2-1-3-6-16/h1-3,5-6,9-15,27H,7H2/b23-15+. The van der Waals surface area contributed by atoms with Crippen molar-refractivity contribution in [3.8, 4) is 11.8 Å². The summed E-state index contributed by atoms with van der Waals surface area (Å²) in [5.74, 6) is 5.25. The second kappa shape index (κ2) is 8.66. The zero-order valence-electron chi connectivity index (χ0n) is 15.6. The number of nitrogens with one attached hydrogen (secondary N) is 1. The molecule has 0 aliphatic carbocycles. The van der Waals surface area contributed by atoms with Crippen molar-refractivity contribution in [2.24, 2.45) is 0 Å². The van der Waals surface area contributed by atoms with E-state index in [1.165, 1.54) is 24.3 Å². The molecule has 3 nitrogen and oxygen atoms in total. The highest BCUT2D eigenvalue weighted by molar-refractivity contribution is 7.91. The van der Waals surface area contributed by atoms with Crippen LogP contribution in [0.2, 0.25) is 5.02 Å². The lowest BCUT2D eigenvalue weighted by Crippen LogP contribution is -2.22. The summed E-state index contributed by atoms with van der Waals surface area (Å²) in [6, 6.07) is 19.1. The van der Waals surface area contributed by atoms with Gasteiger partial charge in [-0.2, -0.15) is 0 Å². The minimum absolute atomic E-state index is 0.0669. The number of carbonyl (C=O) groups excluding carboxylic acids is 1. The van der Waals surface area contributed by atoms with E-state index < -0.39 is 16.8 Å². The van der Waals surface area contributed by atoms with Crippen LogP contribution in [-0.2, 0) is 17.4 Å². The largest absolute Gasteiger partial charge is 0.300 e. The average molecular weight is 436 g/mol. The molecule has 0 spiro atoms. The Labute approximate surface area is 181 Å². The average Bonchev–Trinajstić information content (AvgIpc) is 2.75. The highest BCUT2D eigenvalue weighted by Gasteiger charge is 2.27. The number of ketones is 1. The van der Waals surface area contributed by atoms with Crippen LogP contribution in [0.4, 0.5) is 10.1 Å². The molecule has 1 N–H and O–H groups in total. The Bertz CT molecular complexity index is 1260. The zero-order chi connectivity index (χ0) is 21.1. The van der Waals surface area contributed by atoms with Gasteiger partial charge in [-0.05, 0) is 47.5 Å². The number of anilines is 1. The molecular weight excluding hydrogens is 421 g/mol. The predicted molar refractivity (Wildman–Crippen MR) is 119 cm³/mol. The monoisotopic (exact) mass is 435 g/mol. The van der Waals surface area contributed by atoms with Crippen LogP contribution in [0.25, 0.3) is 6.08 Å². The molecule has 1 atom stereocenters. The van der Waals surface area contributed by atoms with Gasteiger partial charge in [0.15, 0.2) is 11.0 Å². The summed E-state index contributed by atoms with van der Waals surface area (Å²) in [4.78, 5) is 13.0. The minimum atomic E-state index is -1.73. The van der Waals surface area contributed by atoms with E-state index in [1.54, 1.807) is 18.2 Å². The fourth-order valence-electron chi connectivity index (χ4n) is 2.99. The zero-order valence-corrected chi connectivity index (χ0v) is 17.2. The second-order valence-electron chi connectivity index (χ2n) is 6.61. The van der Waals surface area contributed by atoms with Crippen molar-refractivity contribution >= 4 is 40.1 Å².